The second-order valence-corrected chi connectivity index (χ2v) is 6.60. The molecular weight excluding hydrogens is 400 g/mol. The zero-order chi connectivity index (χ0) is 21.9. The van der Waals surface area contributed by atoms with Crippen LogP contribution in [0.1, 0.15) is 12.5 Å². The van der Waals surface area contributed by atoms with Gasteiger partial charge in [0.2, 0.25) is 5.91 Å². The van der Waals surface area contributed by atoms with E-state index >= 15 is 0 Å². The standard InChI is InChI=1S/C20H19F2N3O5/c1-20(12-7-9-13(29-2)10-8-12)17(27)25(19(28)24-20)11-16(26)23-14-5-3-4-6-15(14)30-18(21)22/h3-10,18H,11H2,1-2H3,(H,23,26)(H,24,28). The maximum atomic E-state index is 12.9. The van der Waals surface area contributed by atoms with E-state index in [1.807, 2.05) is 0 Å². The number of hydrogen-bond acceptors (Lipinski definition) is 5. The topological polar surface area (TPSA) is 97.0 Å². The highest BCUT2D eigenvalue weighted by Crippen LogP contribution is 2.30. The molecule has 3 rings (SSSR count). The normalized spacial score (nSPS) is 18.4. The average molecular weight is 419 g/mol. The Kier molecular flexibility index (Phi) is 5.86. The number of ether oxygens (including phenoxy) is 2. The van der Waals surface area contributed by atoms with Crippen LogP contribution in [0.5, 0.6) is 11.5 Å². The molecular formula is C20H19F2N3O5. The van der Waals surface area contributed by atoms with E-state index in [9.17, 15) is 23.2 Å². The van der Waals surface area contributed by atoms with Crippen molar-refractivity contribution in [2.75, 3.05) is 19.0 Å². The van der Waals surface area contributed by atoms with Crippen LogP contribution < -0.4 is 20.1 Å². The Balaban J connectivity index is 1.73. The molecule has 10 heteroatoms. The number of carbonyl (C=O) groups excluding carboxylic acids is 3. The number of methoxy groups -OCH3 is 1. The van der Waals surface area contributed by atoms with Gasteiger partial charge in [-0.05, 0) is 36.8 Å². The lowest BCUT2D eigenvalue weighted by molar-refractivity contribution is -0.133. The number of halogens is 2. The zero-order valence-electron chi connectivity index (χ0n) is 16.1. The van der Waals surface area contributed by atoms with Crippen molar-refractivity contribution in [3.8, 4) is 11.5 Å². The zero-order valence-corrected chi connectivity index (χ0v) is 16.1. The van der Waals surface area contributed by atoms with Crippen molar-refractivity contribution in [1.82, 2.24) is 10.2 Å². The van der Waals surface area contributed by atoms with Gasteiger partial charge in [0, 0.05) is 0 Å². The summed E-state index contributed by atoms with van der Waals surface area (Å²) in [5.41, 5.74) is -0.853. The molecule has 1 heterocycles. The Morgan fingerprint density at radius 1 is 1.17 bits per heavy atom. The molecule has 0 aliphatic carbocycles. The summed E-state index contributed by atoms with van der Waals surface area (Å²) in [4.78, 5) is 38.4. The minimum absolute atomic E-state index is 0.00669. The quantitative estimate of drug-likeness (QED) is 0.673. The van der Waals surface area contributed by atoms with Crippen LogP contribution in [0.4, 0.5) is 19.3 Å². The SMILES string of the molecule is COc1ccc(C2(C)NC(=O)N(CC(=O)Nc3ccccc3OC(F)F)C2=O)cc1. The third kappa shape index (κ3) is 4.17. The Morgan fingerprint density at radius 3 is 2.47 bits per heavy atom. The van der Waals surface area contributed by atoms with Gasteiger partial charge in [0.15, 0.2) is 0 Å². The summed E-state index contributed by atoms with van der Waals surface area (Å²) in [5.74, 6) is -1.02. The van der Waals surface area contributed by atoms with E-state index < -0.39 is 36.5 Å². The summed E-state index contributed by atoms with van der Waals surface area (Å²) in [5, 5.41) is 4.96. The molecule has 0 bridgehead atoms. The lowest BCUT2D eigenvalue weighted by Gasteiger charge is -2.22. The van der Waals surface area contributed by atoms with Crippen LogP contribution in [0.15, 0.2) is 48.5 Å². The number of hydrogen-bond donors (Lipinski definition) is 2. The monoisotopic (exact) mass is 419 g/mol. The highest BCUT2D eigenvalue weighted by atomic mass is 19.3. The van der Waals surface area contributed by atoms with Crippen LogP contribution in [0.25, 0.3) is 0 Å². The van der Waals surface area contributed by atoms with Crippen LogP contribution in [0.3, 0.4) is 0 Å². The van der Waals surface area contributed by atoms with Gasteiger partial charge in [-0.3, -0.25) is 14.5 Å². The predicted octanol–water partition coefficient (Wildman–Crippen LogP) is 2.70. The Bertz CT molecular complexity index is 967. The summed E-state index contributed by atoms with van der Waals surface area (Å²) in [6.45, 7) is -2.14. The van der Waals surface area contributed by atoms with Crippen molar-refractivity contribution in [3.63, 3.8) is 0 Å². The number of nitrogens with one attached hydrogen (secondary N) is 2. The van der Waals surface area contributed by atoms with Gasteiger partial charge in [0.1, 0.15) is 23.6 Å². The fraction of sp³-hybridized carbons (Fsp3) is 0.250. The average Bonchev–Trinajstić information content (AvgIpc) is 2.93. The number of nitrogens with zero attached hydrogens (tertiary/aromatic N) is 1. The van der Waals surface area contributed by atoms with Crippen molar-refractivity contribution in [2.45, 2.75) is 19.1 Å². The summed E-state index contributed by atoms with van der Waals surface area (Å²) in [6.07, 6.45) is 0. The van der Waals surface area contributed by atoms with Crippen LogP contribution in [0.2, 0.25) is 0 Å². The molecule has 0 saturated carbocycles. The smallest absolute Gasteiger partial charge is 0.387 e. The molecule has 1 aliphatic rings. The maximum Gasteiger partial charge on any atom is 0.387 e. The maximum absolute atomic E-state index is 12.9. The number of para-hydroxylation sites is 2. The second kappa shape index (κ2) is 8.36. The number of benzene rings is 2. The molecule has 0 spiro atoms. The van der Waals surface area contributed by atoms with Crippen molar-refractivity contribution < 1.29 is 32.6 Å². The van der Waals surface area contributed by atoms with Crippen molar-refractivity contribution in [1.29, 1.82) is 0 Å². The number of urea groups is 1. The molecule has 0 radical (unpaired) electrons. The third-order valence-electron chi connectivity index (χ3n) is 4.62. The number of carbonyl (C=O) groups is 3. The van der Waals surface area contributed by atoms with E-state index in [-0.39, 0.29) is 11.4 Å². The molecule has 1 atom stereocenters. The molecule has 1 saturated heterocycles. The van der Waals surface area contributed by atoms with Gasteiger partial charge < -0.3 is 20.1 Å². The molecule has 8 nitrogen and oxygen atoms in total. The van der Waals surface area contributed by atoms with Crippen molar-refractivity contribution >= 4 is 23.5 Å². The molecule has 2 aromatic carbocycles. The first kappa shape index (κ1) is 21.0. The van der Waals surface area contributed by atoms with E-state index in [0.29, 0.717) is 11.3 Å². The summed E-state index contributed by atoms with van der Waals surface area (Å²) >= 11 is 0. The number of amides is 4. The number of alkyl halides is 2. The first-order chi connectivity index (χ1) is 14.2. The van der Waals surface area contributed by atoms with Crippen LogP contribution in [-0.2, 0) is 15.1 Å². The van der Waals surface area contributed by atoms with E-state index in [1.165, 1.54) is 38.3 Å². The highest BCUT2D eigenvalue weighted by Gasteiger charge is 2.49. The van der Waals surface area contributed by atoms with Gasteiger partial charge in [0.25, 0.3) is 5.91 Å². The third-order valence-corrected chi connectivity index (χ3v) is 4.62. The molecule has 2 aromatic rings. The summed E-state index contributed by atoms with van der Waals surface area (Å²) < 4.78 is 34.5. The first-order valence-electron chi connectivity index (χ1n) is 8.87. The van der Waals surface area contributed by atoms with E-state index in [0.717, 1.165) is 4.90 Å². The van der Waals surface area contributed by atoms with Gasteiger partial charge in [-0.15, -0.1) is 0 Å². The van der Waals surface area contributed by atoms with Gasteiger partial charge in [0.05, 0.1) is 12.8 Å². The lowest BCUT2D eigenvalue weighted by Crippen LogP contribution is -2.42. The Hall–Kier alpha value is -3.69. The Labute approximate surface area is 170 Å². The number of anilines is 1. The molecule has 1 unspecified atom stereocenters. The molecule has 2 N–H and O–H groups in total. The van der Waals surface area contributed by atoms with E-state index in [2.05, 4.69) is 15.4 Å². The fourth-order valence-corrected chi connectivity index (χ4v) is 3.06. The lowest BCUT2D eigenvalue weighted by atomic mass is 9.92. The summed E-state index contributed by atoms with van der Waals surface area (Å²) in [6, 6.07) is 11.4. The van der Waals surface area contributed by atoms with Crippen LogP contribution >= 0.6 is 0 Å². The van der Waals surface area contributed by atoms with Gasteiger partial charge >= 0.3 is 12.6 Å². The number of rotatable bonds is 7. The molecule has 1 aliphatic heterocycles. The van der Waals surface area contributed by atoms with Crippen molar-refractivity contribution in [3.05, 3.63) is 54.1 Å². The van der Waals surface area contributed by atoms with Crippen molar-refractivity contribution in [2.24, 2.45) is 0 Å². The highest BCUT2D eigenvalue weighted by molar-refractivity contribution is 6.10. The minimum atomic E-state index is -3.07. The fourth-order valence-electron chi connectivity index (χ4n) is 3.06. The molecule has 1 fully saturated rings. The molecule has 4 amide bonds. The van der Waals surface area contributed by atoms with Gasteiger partial charge in [-0.2, -0.15) is 8.78 Å². The minimum Gasteiger partial charge on any atom is -0.497 e. The second-order valence-electron chi connectivity index (χ2n) is 6.60. The largest absolute Gasteiger partial charge is 0.497 e. The van der Waals surface area contributed by atoms with Crippen LogP contribution in [0, 0.1) is 0 Å². The van der Waals surface area contributed by atoms with E-state index in [1.54, 1.807) is 24.3 Å². The van der Waals surface area contributed by atoms with E-state index in [4.69, 9.17) is 4.74 Å². The predicted molar refractivity (Wildman–Crippen MR) is 102 cm³/mol. The molecule has 0 aromatic heterocycles. The molecule has 30 heavy (non-hydrogen) atoms. The van der Waals surface area contributed by atoms with Crippen LogP contribution in [-0.4, -0.2) is 43.0 Å². The Morgan fingerprint density at radius 2 is 1.83 bits per heavy atom. The van der Waals surface area contributed by atoms with Gasteiger partial charge in [-0.1, -0.05) is 24.3 Å². The number of imide groups is 1. The van der Waals surface area contributed by atoms with Gasteiger partial charge in [-0.25, -0.2) is 4.79 Å². The molecule has 158 valence electrons. The first-order valence-corrected chi connectivity index (χ1v) is 8.87. The summed E-state index contributed by atoms with van der Waals surface area (Å²) in [7, 11) is 1.50.